The number of halogens is 2. The van der Waals surface area contributed by atoms with Crippen molar-refractivity contribution in [3.05, 3.63) is 34.1 Å². The van der Waals surface area contributed by atoms with Gasteiger partial charge in [-0.25, -0.2) is 4.39 Å². The van der Waals surface area contributed by atoms with Crippen molar-refractivity contribution < 1.29 is 14.6 Å². The highest BCUT2D eigenvalue weighted by molar-refractivity contribution is 9.10. The molecule has 0 fully saturated rings. The van der Waals surface area contributed by atoms with Crippen LogP contribution in [0.1, 0.15) is 25.5 Å². The van der Waals surface area contributed by atoms with Gasteiger partial charge in [0.05, 0.1) is 10.6 Å². The van der Waals surface area contributed by atoms with E-state index >= 15 is 0 Å². The van der Waals surface area contributed by atoms with Gasteiger partial charge < -0.3 is 10.2 Å². The van der Waals surface area contributed by atoms with Crippen LogP contribution in [0.25, 0.3) is 0 Å². The van der Waals surface area contributed by atoms with Crippen molar-refractivity contribution in [3.63, 3.8) is 0 Å². The molecule has 0 spiro atoms. The first kappa shape index (κ1) is 12.6. The minimum absolute atomic E-state index is 0.116. The Morgan fingerprint density at radius 2 is 1.87 bits per heavy atom. The highest BCUT2D eigenvalue weighted by Crippen LogP contribution is 2.27. The average Bonchev–Trinajstić information content (AvgIpc) is 2.20. The van der Waals surface area contributed by atoms with Crippen molar-refractivity contribution in [2.75, 3.05) is 0 Å². The van der Waals surface area contributed by atoms with E-state index in [1.165, 1.54) is 6.07 Å². The van der Waals surface area contributed by atoms with Crippen LogP contribution in [0.15, 0.2) is 22.7 Å². The molecule has 15 heavy (non-hydrogen) atoms. The highest BCUT2D eigenvalue weighted by atomic mass is 79.9. The van der Waals surface area contributed by atoms with E-state index in [-0.39, 0.29) is 16.0 Å². The van der Waals surface area contributed by atoms with Crippen molar-refractivity contribution in [2.24, 2.45) is 5.92 Å². The predicted molar refractivity (Wildman–Crippen MR) is 59.9 cm³/mol. The lowest BCUT2D eigenvalue weighted by molar-refractivity contribution is -0.0112. The van der Waals surface area contributed by atoms with Crippen LogP contribution in [0.3, 0.4) is 0 Å². The highest BCUT2D eigenvalue weighted by Gasteiger charge is 2.24. The molecule has 2 nitrogen and oxygen atoms in total. The fourth-order valence-corrected chi connectivity index (χ4v) is 1.68. The van der Waals surface area contributed by atoms with Gasteiger partial charge in [0.2, 0.25) is 0 Å². The fraction of sp³-hybridized carbons (Fsp3) is 0.455. The Morgan fingerprint density at radius 3 is 2.40 bits per heavy atom. The summed E-state index contributed by atoms with van der Waals surface area (Å²) in [7, 11) is 0. The molecule has 0 amide bonds. The number of benzene rings is 1. The van der Waals surface area contributed by atoms with Crippen LogP contribution in [-0.2, 0) is 0 Å². The quantitative estimate of drug-likeness (QED) is 0.891. The summed E-state index contributed by atoms with van der Waals surface area (Å²) in [4.78, 5) is 0. The third-order valence-corrected chi connectivity index (χ3v) is 2.92. The molecule has 2 atom stereocenters. The maximum absolute atomic E-state index is 13.6. The zero-order valence-electron chi connectivity index (χ0n) is 8.61. The summed E-state index contributed by atoms with van der Waals surface area (Å²) in [5, 5.41) is 19.4. The molecule has 1 rings (SSSR count). The smallest absolute Gasteiger partial charge is 0.143 e. The predicted octanol–water partition coefficient (Wildman–Crippen LogP) is 2.64. The molecular weight excluding hydrogens is 263 g/mol. The lowest BCUT2D eigenvalue weighted by atomic mass is 9.96. The molecule has 2 unspecified atom stereocenters. The first-order valence-electron chi connectivity index (χ1n) is 4.75. The molecule has 1 aromatic carbocycles. The van der Waals surface area contributed by atoms with Crippen molar-refractivity contribution in [1.29, 1.82) is 0 Å². The van der Waals surface area contributed by atoms with E-state index in [4.69, 9.17) is 0 Å². The Bertz CT molecular complexity index is 341. The molecule has 0 saturated carbocycles. The summed E-state index contributed by atoms with van der Waals surface area (Å²) in [5.74, 6) is -0.650. The summed E-state index contributed by atoms with van der Waals surface area (Å²) >= 11 is 3.03. The van der Waals surface area contributed by atoms with Crippen LogP contribution in [0.5, 0.6) is 0 Å². The van der Waals surface area contributed by atoms with E-state index in [0.717, 1.165) is 0 Å². The molecule has 0 heterocycles. The number of hydrogen-bond acceptors (Lipinski definition) is 2. The summed E-state index contributed by atoms with van der Waals surface area (Å²) in [6, 6.07) is 4.64. The molecule has 0 bridgehead atoms. The van der Waals surface area contributed by atoms with E-state index in [0.29, 0.717) is 0 Å². The largest absolute Gasteiger partial charge is 0.390 e. The van der Waals surface area contributed by atoms with E-state index in [9.17, 15) is 14.6 Å². The topological polar surface area (TPSA) is 40.5 Å². The van der Waals surface area contributed by atoms with Crippen molar-refractivity contribution in [2.45, 2.75) is 26.1 Å². The molecule has 0 aliphatic rings. The molecule has 0 saturated heterocycles. The number of aliphatic hydroxyl groups is 2. The third-order valence-electron chi connectivity index (χ3n) is 2.31. The zero-order chi connectivity index (χ0) is 11.6. The minimum atomic E-state index is -1.19. The van der Waals surface area contributed by atoms with Gasteiger partial charge in [-0.1, -0.05) is 26.0 Å². The normalized spacial score (nSPS) is 15.4. The van der Waals surface area contributed by atoms with Crippen LogP contribution in [0, 0.1) is 11.7 Å². The summed E-state index contributed by atoms with van der Waals surface area (Å²) in [6.45, 7) is 3.54. The third kappa shape index (κ3) is 2.77. The van der Waals surface area contributed by atoms with Gasteiger partial charge in [0.25, 0.3) is 0 Å². The van der Waals surface area contributed by atoms with E-state index in [1.54, 1.807) is 26.0 Å². The molecule has 0 aliphatic carbocycles. The Kier molecular flexibility index (Phi) is 4.25. The van der Waals surface area contributed by atoms with Gasteiger partial charge in [-0.05, 0) is 27.9 Å². The van der Waals surface area contributed by atoms with Crippen molar-refractivity contribution in [3.8, 4) is 0 Å². The summed E-state index contributed by atoms with van der Waals surface area (Å²) in [6.07, 6.45) is -2.16. The van der Waals surface area contributed by atoms with Crippen LogP contribution in [0.2, 0.25) is 0 Å². The van der Waals surface area contributed by atoms with E-state index in [2.05, 4.69) is 15.9 Å². The first-order valence-corrected chi connectivity index (χ1v) is 5.54. The molecule has 4 heteroatoms. The number of rotatable bonds is 3. The zero-order valence-corrected chi connectivity index (χ0v) is 10.2. The summed E-state index contributed by atoms with van der Waals surface area (Å²) in [5.41, 5.74) is 0.116. The second kappa shape index (κ2) is 5.05. The van der Waals surface area contributed by atoms with Gasteiger partial charge >= 0.3 is 0 Å². The Balaban J connectivity index is 3.01. The van der Waals surface area contributed by atoms with E-state index in [1.807, 2.05) is 0 Å². The molecule has 0 aromatic heterocycles. The minimum Gasteiger partial charge on any atom is -0.390 e. The lowest BCUT2D eigenvalue weighted by Crippen LogP contribution is -2.24. The Morgan fingerprint density at radius 1 is 1.27 bits per heavy atom. The Labute approximate surface area is 96.9 Å². The first-order chi connectivity index (χ1) is 6.95. The number of hydrogen-bond donors (Lipinski definition) is 2. The van der Waals surface area contributed by atoms with Crippen LogP contribution in [0.4, 0.5) is 4.39 Å². The van der Waals surface area contributed by atoms with E-state index < -0.39 is 18.0 Å². The van der Waals surface area contributed by atoms with Crippen LogP contribution < -0.4 is 0 Å². The fourth-order valence-electron chi connectivity index (χ4n) is 1.30. The maximum Gasteiger partial charge on any atom is 0.143 e. The average molecular weight is 277 g/mol. The van der Waals surface area contributed by atoms with Crippen LogP contribution >= 0.6 is 15.9 Å². The maximum atomic E-state index is 13.6. The molecule has 1 aromatic rings. The van der Waals surface area contributed by atoms with Crippen molar-refractivity contribution >= 4 is 15.9 Å². The van der Waals surface area contributed by atoms with Crippen LogP contribution in [-0.4, -0.2) is 16.3 Å². The number of aliphatic hydroxyl groups excluding tert-OH is 2. The van der Waals surface area contributed by atoms with Gasteiger partial charge in [-0.3, -0.25) is 0 Å². The molecule has 0 aliphatic heterocycles. The van der Waals surface area contributed by atoms with Crippen molar-refractivity contribution in [1.82, 2.24) is 0 Å². The lowest BCUT2D eigenvalue weighted by Gasteiger charge is -2.21. The molecule has 0 radical (unpaired) electrons. The Hall–Kier alpha value is -0.450. The molecule has 84 valence electrons. The van der Waals surface area contributed by atoms with Gasteiger partial charge in [0.15, 0.2) is 0 Å². The summed E-state index contributed by atoms with van der Waals surface area (Å²) < 4.78 is 13.8. The van der Waals surface area contributed by atoms with Gasteiger partial charge in [0.1, 0.15) is 11.9 Å². The molecule has 2 N–H and O–H groups in total. The van der Waals surface area contributed by atoms with Gasteiger partial charge in [-0.2, -0.15) is 0 Å². The second-order valence-electron chi connectivity index (χ2n) is 3.82. The SMILES string of the molecule is CC(C)C(O)C(O)c1cccc(Br)c1F. The van der Waals surface area contributed by atoms with Gasteiger partial charge in [0, 0.05) is 5.56 Å². The second-order valence-corrected chi connectivity index (χ2v) is 4.68. The van der Waals surface area contributed by atoms with Gasteiger partial charge in [-0.15, -0.1) is 0 Å². The molecular formula is C11H14BrFO2. The standard InChI is InChI=1S/C11H14BrFO2/c1-6(2)10(14)11(15)7-4-3-5-8(12)9(7)13/h3-6,10-11,14-15H,1-2H3. The monoisotopic (exact) mass is 276 g/mol.